The third-order valence-electron chi connectivity index (χ3n) is 19.8. The van der Waals surface area contributed by atoms with Crippen molar-refractivity contribution in [1.82, 2.24) is 0 Å². The summed E-state index contributed by atoms with van der Waals surface area (Å²) in [5.74, 6) is 1.16. The number of carbonyl (C=O) groups is 4. The Hall–Kier alpha value is -2.20. The second kappa shape index (κ2) is 12.9. The summed E-state index contributed by atoms with van der Waals surface area (Å²) in [6.07, 6.45) is 10.3. The Labute approximate surface area is 352 Å². The Morgan fingerprint density at radius 1 is 0.695 bits per heavy atom. The van der Waals surface area contributed by atoms with Gasteiger partial charge in [-0.3, -0.25) is 19.2 Å². The third kappa shape index (κ3) is 6.32. The zero-order valence-corrected chi connectivity index (χ0v) is 37.7. The molecule has 0 aromatic carbocycles. The average Bonchev–Trinajstić information content (AvgIpc) is 3.73. The Morgan fingerprint density at radius 2 is 1.27 bits per heavy atom. The fourth-order valence-corrected chi connectivity index (χ4v) is 16.6. The maximum absolute atomic E-state index is 15.5. The average molecular weight is 823 g/mol. The monoisotopic (exact) mass is 823 g/mol. The maximum Gasteiger partial charge on any atom is 0.312 e. The van der Waals surface area contributed by atoms with Crippen molar-refractivity contribution in [2.75, 3.05) is 0 Å². The van der Waals surface area contributed by atoms with Crippen molar-refractivity contribution in [1.29, 1.82) is 0 Å². The van der Waals surface area contributed by atoms with Gasteiger partial charge in [-0.1, -0.05) is 34.6 Å². The van der Waals surface area contributed by atoms with Gasteiger partial charge in [-0.05, 0) is 159 Å². The summed E-state index contributed by atoms with van der Waals surface area (Å²) in [6, 6.07) is 0. The first-order valence-corrected chi connectivity index (χ1v) is 23.5. The summed E-state index contributed by atoms with van der Waals surface area (Å²) in [4.78, 5) is 57.3. The van der Waals surface area contributed by atoms with Gasteiger partial charge in [0.05, 0.1) is 33.4 Å². The number of carbonyl (C=O) groups excluding carboxylic acids is 4. The molecule has 11 aliphatic rings. The van der Waals surface area contributed by atoms with Crippen molar-refractivity contribution in [2.24, 2.45) is 74.4 Å². The highest BCUT2D eigenvalue weighted by molar-refractivity contribution is 5.81. The van der Waals surface area contributed by atoms with E-state index in [-0.39, 0.29) is 53.7 Å². The molecule has 10 aliphatic carbocycles. The predicted molar refractivity (Wildman–Crippen MR) is 218 cm³/mol. The lowest BCUT2D eigenvalue weighted by molar-refractivity contribution is -0.265. The zero-order valence-electron chi connectivity index (χ0n) is 37.7. The van der Waals surface area contributed by atoms with Crippen LogP contribution in [0.3, 0.4) is 0 Å². The van der Waals surface area contributed by atoms with Crippen LogP contribution in [0.5, 0.6) is 0 Å². The molecule has 10 heteroatoms. The molecule has 0 spiro atoms. The Morgan fingerprint density at radius 3 is 1.83 bits per heavy atom. The number of fused-ring (bicyclic) bond motifs is 1. The lowest BCUT2D eigenvalue weighted by Gasteiger charge is -2.62. The normalized spacial score (nSPS) is 45.9. The summed E-state index contributed by atoms with van der Waals surface area (Å²) >= 11 is 0. The smallest absolute Gasteiger partial charge is 0.312 e. The molecule has 2 N–H and O–H groups in total. The SMILES string of the molecule is CCC(C)(C(=O)OC1C2CC3C(=O)OC1C3C2)C(C)(C)CC(C)(C(=O)OC1(C)C2CC3CC(C2)CC1C3)C(C)(C)CC(C)(C)C(=O)OC12CC3CC(O)(CC(O)(C3)C1)C2. The molecule has 59 heavy (non-hydrogen) atoms. The van der Waals surface area contributed by atoms with Crippen LogP contribution in [-0.2, 0) is 38.1 Å². The summed E-state index contributed by atoms with van der Waals surface area (Å²) in [6.45, 7) is 20.2. The van der Waals surface area contributed by atoms with Crippen LogP contribution in [0, 0.1) is 74.4 Å². The Kier molecular flexibility index (Phi) is 9.24. The molecular weight excluding hydrogens is 749 g/mol. The number of hydrogen-bond donors (Lipinski definition) is 2. The van der Waals surface area contributed by atoms with Gasteiger partial charge in [-0.15, -0.1) is 0 Å². The molecule has 0 aromatic heterocycles. The summed E-state index contributed by atoms with van der Waals surface area (Å²) in [7, 11) is 0. The summed E-state index contributed by atoms with van der Waals surface area (Å²) < 4.78 is 25.7. The molecule has 10 saturated carbocycles. The summed E-state index contributed by atoms with van der Waals surface area (Å²) in [5, 5.41) is 22.9. The van der Waals surface area contributed by atoms with Crippen molar-refractivity contribution >= 4 is 23.9 Å². The van der Waals surface area contributed by atoms with Crippen molar-refractivity contribution in [3.8, 4) is 0 Å². The van der Waals surface area contributed by atoms with Crippen molar-refractivity contribution < 1.29 is 48.3 Å². The van der Waals surface area contributed by atoms with E-state index in [9.17, 15) is 24.6 Å². The molecule has 11 rings (SSSR count). The van der Waals surface area contributed by atoms with Crippen LogP contribution < -0.4 is 0 Å². The lowest BCUT2D eigenvalue weighted by Crippen LogP contribution is -2.67. The first-order chi connectivity index (χ1) is 27.2. The highest BCUT2D eigenvalue weighted by atomic mass is 16.6. The molecule has 0 aromatic rings. The molecule has 11 fully saturated rings. The van der Waals surface area contributed by atoms with Crippen molar-refractivity contribution in [3.05, 3.63) is 0 Å². The Balaban J connectivity index is 0.997. The van der Waals surface area contributed by atoms with E-state index in [1.165, 1.54) is 6.42 Å². The van der Waals surface area contributed by atoms with E-state index in [4.69, 9.17) is 18.9 Å². The molecule has 10 bridgehead atoms. The minimum Gasteiger partial charge on any atom is -0.458 e. The van der Waals surface area contributed by atoms with Crippen molar-refractivity contribution in [2.45, 2.75) is 207 Å². The second-order valence-corrected chi connectivity index (χ2v) is 25.2. The van der Waals surface area contributed by atoms with Gasteiger partial charge in [0.1, 0.15) is 23.4 Å². The van der Waals surface area contributed by atoms with Crippen LogP contribution in [0.4, 0.5) is 0 Å². The van der Waals surface area contributed by atoms with Crippen LogP contribution in [0.2, 0.25) is 0 Å². The Bertz CT molecular complexity index is 1750. The number of aliphatic hydroxyl groups is 2. The second-order valence-electron chi connectivity index (χ2n) is 25.2. The minimum atomic E-state index is -1.16. The van der Waals surface area contributed by atoms with Gasteiger partial charge in [0.2, 0.25) is 0 Å². The molecule has 330 valence electrons. The molecule has 0 radical (unpaired) electrons. The number of ether oxygens (including phenoxy) is 4. The van der Waals surface area contributed by atoms with E-state index in [0.29, 0.717) is 87.9 Å². The molecule has 1 aliphatic heterocycles. The highest BCUT2D eigenvalue weighted by Crippen LogP contribution is 2.64. The van der Waals surface area contributed by atoms with E-state index < -0.39 is 55.6 Å². The fourth-order valence-electron chi connectivity index (χ4n) is 16.6. The fraction of sp³-hybridized carbons (Fsp3) is 0.918. The van der Waals surface area contributed by atoms with Crippen LogP contribution in [0.1, 0.15) is 172 Å². The van der Waals surface area contributed by atoms with Gasteiger partial charge in [-0.2, -0.15) is 0 Å². The first-order valence-electron chi connectivity index (χ1n) is 23.5. The van der Waals surface area contributed by atoms with E-state index in [0.717, 1.165) is 32.1 Å². The van der Waals surface area contributed by atoms with E-state index in [2.05, 4.69) is 34.6 Å². The summed E-state index contributed by atoms with van der Waals surface area (Å²) in [5.41, 5.74) is -8.38. The molecule has 9 unspecified atom stereocenters. The van der Waals surface area contributed by atoms with Gasteiger partial charge >= 0.3 is 23.9 Å². The topological polar surface area (TPSA) is 146 Å². The van der Waals surface area contributed by atoms with Crippen LogP contribution in [0.25, 0.3) is 0 Å². The largest absolute Gasteiger partial charge is 0.458 e. The van der Waals surface area contributed by atoms with E-state index in [1.807, 2.05) is 34.6 Å². The van der Waals surface area contributed by atoms with Gasteiger partial charge in [0.25, 0.3) is 0 Å². The minimum absolute atomic E-state index is 0.0779. The number of esters is 4. The molecule has 1 saturated heterocycles. The van der Waals surface area contributed by atoms with Crippen molar-refractivity contribution in [3.63, 3.8) is 0 Å². The number of hydrogen-bond acceptors (Lipinski definition) is 10. The zero-order chi connectivity index (χ0) is 42.7. The molecular formula is C49H74O10. The van der Waals surface area contributed by atoms with Gasteiger partial charge < -0.3 is 29.2 Å². The molecule has 0 amide bonds. The first kappa shape index (κ1) is 42.1. The molecule has 9 atom stereocenters. The standard InChI is InChI=1S/C49H74O10/c1-11-44(8,39(52)57-35-30-17-33-34(18-30)37(50)56-36(33)35)43(6,7)23-45(9,40(53)58-46(10)31-13-27-12-28(15-31)16-32(46)14-27)42(4,5)22-41(2,3)38(51)59-49-21-29-19-47(54,25-49)24-48(55,20-29)26-49/h27-36,54-55H,11-26H2,1-10H3. The highest BCUT2D eigenvalue weighted by Gasteiger charge is 2.68. The third-order valence-corrected chi connectivity index (χ3v) is 19.8. The van der Waals surface area contributed by atoms with Gasteiger partial charge in [0.15, 0.2) is 0 Å². The van der Waals surface area contributed by atoms with Crippen LogP contribution in [0.15, 0.2) is 0 Å². The number of rotatable bonds is 13. The molecule has 1 heterocycles. The van der Waals surface area contributed by atoms with Gasteiger partial charge in [-0.25, -0.2) is 0 Å². The van der Waals surface area contributed by atoms with E-state index in [1.54, 1.807) is 0 Å². The molecule has 10 nitrogen and oxygen atoms in total. The maximum atomic E-state index is 15.5. The van der Waals surface area contributed by atoms with Crippen LogP contribution >= 0.6 is 0 Å². The van der Waals surface area contributed by atoms with E-state index >= 15 is 4.79 Å². The lowest BCUT2D eigenvalue weighted by atomic mass is 9.49. The quantitative estimate of drug-likeness (QED) is 0.138. The van der Waals surface area contributed by atoms with Gasteiger partial charge in [0, 0.05) is 31.1 Å². The predicted octanol–water partition coefficient (Wildman–Crippen LogP) is 8.26. The van der Waals surface area contributed by atoms with Crippen LogP contribution in [-0.4, -0.2) is 68.7 Å².